The van der Waals surface area contributed by atoms with Crippen LogP contribution in [0.3, 0.4) is 0 Å². The highest BCUT2D eigenvalue weighted by Crippen LogP contribution is 2.27. The maximum absolute atomic E-state index is 12.3. The second kappa shape index (κ2) is 8.59. The average molecular weight is 409 g/mol. The van der Waals surface area contributed by atoms with E-state index in [0.29, 0.717) is 12.0 Å². The van der Waals surface area contributed by atoms with Gasteiger partial charge in [0.1, 0.15) is 0 Å². The summed E-state index contributed by atoms with van der Waals surface area (Å²) in [4.78, 5) is 2.34. The summed E-state index contributed by atoms with van der Waals surface area (Å²) >= 11 is 0. The van der Waals surface area contributed by atoms with Crippen molar-refractivity contribution in [2.24, 2.45) is 11.7 Å². The molecule has 1 atom stereocenters. The van der Waals surface area contributed by atoms with E-state index in [-0.39, 0.29) is 6.04 Å². The lowest BCUT2D eigenvalue weighted by Crippen LogP contribution is -2.46. The SMILES string of the molecule is CC(C)(C)S(=O)(=O)N[C@H]1CC[C@H](CNc2ccc(N3CCC(N)C3)cc2)CC1. The highest BCUT2D eigenvalue weighted by Gasteiger charge is 2.32. The van der Waals surface area contributed by atoms with E-state index in [1.54, 1.807) is 20.8 Å². The molecule has 7 heteroatoms. The van der Waals surface area contributed by atoms with E-state index in [4.69, 9.17) is 5.73 Å². The van der Waals surface area contributed by atoms with Crippen LogP contribution < -0.4 is 20.7 Å². The lowest BCUT2D eigenvalue weighted by molar-refractivity contribution is 0.322. The van der Waals surface area contributed by atoms with E-state index in [1.165, 1.54) is 5.69 Å². The summed E-state index contributed by atoms with van der Waals surface area (Å²) in [6.45, 7) is 8.15. The first kappa shape index (κ1) is 21.4. The second-order valence-electron chi connectivity index (χ2n) is 9.37. The Kier molecular flexibility index (Phi) is 6.57. The van der Waals surface area contributed by atoms with Crippen LogP contribution >= 0.6 is 0 Å². The molecule has 2 fully saturated rings. The molecule has 1 aromatic carbocycles. The summed E-state index contributed by atoms with van der Waals surface area (Å²) in [5.74, 6) is 0.589. The fourth-order valence-corrected chi connectivity index (χ4v) is 4.98. The largest absolute Gasteiger partial charge is 0.385 e. The third-order valence-corrected chi connectivity index (χ3v) is 8.28. The molecule has 1 saturated heterocycles. The van der Waals surface area contributed by atoms with Crippen LogP contribution in [0.2, 0.25) is 0 Å². The minimum Gasteiger partial charge on any atom is -0.385 e. The lowest BCUT2D eigenvalue weighted by atomic mass is 9.86. The van der Waals surface area contributed by atoms with Crippen molar-refractivity contribution in [2.45, 2.75) is 69.7 Å². The Balaban J connectivity index is 1.42. The molecule has 0 bridgehead atoms. The number of nitrogens with one attached hydrogen (secondary N) is 2. The van der Waals surface area contributed by atoms with Crippen LogP contribution in [0.25, 0.3) is 0 Å². The van der Waals surface area contributed by atoms with E-state index in [0.717, 1.165) is 57.4 Å². The highest BCUT2D eigenvalue weighted by molar-refractivity contribution is 7.90. The van der Waals surface area contributed by atoms with Crippen LogP contribution in [0.4, 0.5) is 11.4 Å². The molecule has 2 aliphatic rings. The molecule has 158 valence electrons. The van der Waals surface area contributed by atoms with Crippen LogP contribution in [0.5, 0.6) is 0 Å². The number of rotatable bonds is 6. The van der Waals surface area contributed by atoms with Crippen molar-refractivity contribution in [1.82, 2.24) is 4.72 Å². The minimum atomic E-state index is -3.26. The van der Waals surface area contributed by atoms with Gasteiger partial charge in [-0.05, 0) is 83.1 Å². The van der Waals surface area contributed by atoms with Crippen molar-refractivity contribution >= 4 is 21.4 Å². The van der Waals surface area contributed by atoms with E-state index in [9.17, 15) is 8.42 Å². The minimum absolute atomic E-state index is 0.0755. The van der Waals surface area contributed by atoms with Gasteiger partial charge in [-0.3, -0.25) is 0 Å². The van der Waals surface area contributed by atoms with E-state index < -0.39 is 14.8 Å². The van der Waals surface area contributed by atoms with Crippen LogP contribution in [0, 0.1) is 5.92 Å². The molecule has 1 saturated carbocycles. The van der Waals surface area contributed by atoms with Crippen molar-refractivity contribution in [3.05, 3.63) is 24.3 Å². The summed E-state index contributed by atoms with van der Waals surface area (Å²) in [5.41, 5.74) is 8.38. The predicted molar refractivity (Wildman–Crippen MR) is 117 cm³/mol. The standard InChI is InChI=1S/C21H36N4O2S/c1-21(2,3)28(26,27)24-19-6-4-16(5-7-19)14-23-18-8-10-20(11-9-18)25-13-12-17(22)15-25/h8-11,16-17,19,23-24H,4-7,12-15,22H2,1-3H3/t16-,17?,19-. The van der Waals surface area contributed by atoms with Gasteiger partial charge in [-0.15, -0.1) is 0 Å². The van der Waals surface area contributed by atoms with Gasteiger partial charge in [0, 0.05) is 43.1 Å². The monoisotopic (exact) mass is 408 g/mol. The number of hydrogen-bond donors (Lipinski definition) is 3. The fourth-order valence-electron chi connectivity index (χ4n) is 3.95. The summed E-state index contributed by atoms with van der Waals surface area (Å²) < 4.78 is 26.8. The van der Waals surface area contributed by atoms with Gasteiger partial charge >= 0.3 is 0 Å². The van der Waals surface area contributed by atoms with E-state index >= 15 is 0 Å². The third-order valence-electron chi connectivity index (χ3n) is 6.03. The van der Waals surface area contributed by atoms with E-state index in [2.05, 4.69) is 39.2 Å². The molecule has 0 spiro atoms. The van der Waals surface area contributed by atoms with Gasteiger partial charge in [0.15, 0.2) is 0 Å². The summed E-state index contributed by atoms with van der Waals surface area (Å²) in [6, 6.07) is 8.98. The number of sulfonamides is 1. The Morgan fingerprint density at radius 3 is 2.25 bits per heavy atom. The molecule has 4 N–H and O–H groups in total. The first-order chi connectivity index (χ1) is 13.1. The van der Waals surface area contributed by atoms with Crippen LogP contribution in [-0.4, -0.2) is 44.9 Å². The lowest BCUT2D eigenvalue weighted by Gasteiger charge is -2.31. The van der Waals surface area contributed by atoms with Crippen LogP contribution in [0.15, 0.2) is 24.3 Å². The van der Waals surface area contributed by atoms with Gasteiger partial charge in [-0.2, -0.15) is 0 Å². The summed E-state index contributed by atoms with van der Waals surface area (Å²) in [5, 5.41) is 3.55. The van der Waals surface area contributed by atoms with Crippen molar-refractivity contribution in [3.8, 4) is 0 Å². The van der Waals surface area contributed by atoms with Gasteiger partial charge in [0.25, 0.3) is 0 Å². The molecule has 1 heterocycles. The van der Waals surface area contributed by atoms with Crippen molar-refractivity contribution in [2.75, 3.05) is 29.9 Å². The molecule has 0 aromatic heterocycles. The molecule has 6 nitrogen and oxygen atoms in total. The topological polar surface area (TPSA) is 87.5 Å². The Morgan fingerprint density at radius 1 is 1.07 bits per heavy atom. The Hall–Kier alpha value is -1.31. The molecule has 0 radical (unpaired) electrons. The Bertz CT molecular complexity index is 735. The second-order valence-corrected chi connectivity index (χ2v) is 11.8. The molecular formula is C21H36N4O2S. The quantitative estimate of drug-likeness (QED) is 0.674. The van der Waals surface area contributed by atoms with Gasteiger partial charge < -0.3 is 16.0 Å². The van der Waals surface area contributed by atoms with Crippen molar-refractivity contribution in [1.29, 1.82) is 0 Å². The average Bonchev–Trinajstić information content (AvgIpc) is 3.07. The fraction of sp³-hybridized carbons (Fsp3) is 0.714. The maximum atomic E-state index is 12.3. The van der Waals surface area contributed by atoms with Crippen LogP contribution in [-0.2, 0) is 10.0 Å². The van der Waals surface area contributed by atoms with Crippen molar-refractivity contribution in [3.63, 3.8) is 0 Å². The zero-order chi connectivity index (χ0) is 20.4. The Labute approximate surface area is 170 Å². The first-order valence-electron chi connectivity index (χ1n) is 10.5. The third kappa shape index (κ3) is 5.39. The highest BCUT2D eigenvalue weighted by atomic mass is 32.2. The van der Waals surface area contributed by atoms with E-state index in [1.807, 2.05) is 0 Å². The first-order valence-corrected chi connectivity index (χ1v) is 12.0. The van der Waals surface area contributed by atoms with Gasteiger partial charge in [-0.1, -0.05) is 0 Å². The molecule has 1 unspecified atom stereocenters. The molecule has 1 aliphatic heterocycles. The predicted octanol–water partition coefficient (Wildman–Crippen LogP) is 2.91. The zero-order valence-electron chi connectivity index (χ0n) is 17.4. The number of nitrogens with two attached hydrogens (primary N) is 1. The molecule has 1 aromatic rings. The smallest absolute Gasteiger partial charge is 0.216 e. The summed E-state index contributed by atoms with van der Waals surface area (Å²) in [6.07, 6.45) is 4.99. The van der Waals surface area contributed by atoms with Gasteiger partial charge in [0.05, 0.1) is 4.75 Å². The molecule has 3 rings (SSSR count). The zero-order valence-corrected chi connectivity index (χ0v) is 18.3. The number of nitrogens with zero attached hydrogens (tertiary/aromatic N) is 1. The maximum Gasteiger partial charge on any atom is 0.216 e. The number of benzene rings is 1. The normalized spacial score (nSPS) is 26.4. The number of hydrogen-bond acceptors (Lipinski definition) is 5. The molecule has 28 heavy (non-hydrogen) atoms. The van der Waals surface area contributed by atoms with Gasteiger partial charge in [-0.25, -0.2) is 13.1 Å². The summed E-state index contributed by atoms with van der Waals surface area (Å²) in [7, 11) is -3.26. The molecular weight excluding hydrogens is 372 g/mol. The van der Waals surface area contributed by atoms with Gasteiger partial charge in [0.2, 0.25) is 10.0 Å². The van der Waals surface area contributed by atoms with Crippen LogP contribution in [0.1, 0.15) is 52.9 Å². The molecule has 1 aliphatic carbocycles. The van der Waals surface area contributed by atoms with Crippen molar-refractivity contribution < 1.29 is 8.42 Å². The number of anilines is 2. The molecule has 0 amide bonds. The Morgan fingerprint density at radius 2 is 1.71 bits per heavy atom.